The Morgan fingerprint density at radius 3 is 0.673 bits per heavy atom. The van der Waals surface area contributed by atoms with Crippen molar-refractivity contribution >= 4 is 129 Å². The summed E-state index contributed by atoms with van der Waals surface area (Å²) in [6, 6.07) is 186. The number of hydrogen-bond acceptors (Lipinski definition) is 10. The van der Waals surface area contributed by atoms with Crippen molar-refractivity contribution in [1.82, 2.24) is 49.8 Å². The van der Waals surface area contributed by atoms with Crippen molar-refractivity contribution < 1.29 is 0 Å². The van der Waals surface area contributed by atoms with Gasteiger partial charge in [0.05, 0.1) is 5.69 Å². The lowest BCUT2D eigenvalue weighted by Gasteiger charge is -2.14. The molecule has 4 heterocycles. The summed E-state index contributed by atoms with van der Waals surface area (Å²) in [5.41, 5.74) is 19.3. The Hall–Kier alpha value is -20.2. The Labute approximate surface area is 865 Å². The monoisotopic (exact) mass is 1910 g/mol. The van der Waals surface area contributed by atoms with Gasteiger partial charge in [-0.05, 0) is 234 Å². The van der Waals surface area contributed by atoms with Crippen molar-refractivity contribution in [2.75, 3.05) is 0 Å². The summed E-state index contributed by atoms with van der Waals surface area (Å²) in [4.78, 5) is 49.7. The molecule has 0 aliphatic heterocycles. The Balaban J connectivity index is 0.000000111. The quantitative estimate of drug-likeness (QED) is 0.0971. The second-order valence-electron chi connectivity index (χ2n) is 38.0. The van der Waals surface area contributed by atoms with Crippen LogP contribution in [0.1, 0.15) is 0 Å². The number of hydrogen-bond donors (Lipinski definition) is 0. The first-order chi connectivity index (χ1) is 74.3. The van der Waals surface area contributed by atoms with Gasteiger partial charge in [0.1, 0.15) is 0 Å². The Morgan fingerprint density at radius 1 is 0.100 bits per heavy atom. The van der Waals surface area contributed by atoms with E-state index in [2.05, 4.69) is 370 Å². The number of nitrogens with zero attached hydrogens (tertiary/aromatic N) is 10. The molecule has 4 aromatic heterocycles. The maximum absolute atomic E-state index is 5.10. The van der Waals surface area contributed by atoms with E-state index in [0.29, 0.717) is 52.4 Å². The summed E-state index contributed by atoms with van der Waals surface area (Å²) >= 11 is 0. The Morgan fingerprint density at radius 2 is 0.313 bits per heavy atom. The van der Waals surface area contributed by atoms with Crippen LogP contribution in [0.4, 0.5) is 0 Å². The first-order valence-electron chi connectivity index (χ1n) is 50.6. The van der Waals surface area contributed by atoms with Crippen molar-refractivity contribution in [3.63, 3.8) is 0 Å². The van der Waals surface area contributed by atoms with E-state index in [1.54, 1.807) is 0 Å². The molecule has 0 spiro atoms. The largest absolute Gasteiger partial charge is 0.255 e. The summed E-state index contributed by atoms with van der Waals surface area (Å²) in [6.45, 7) is 0. The predicted octanol–water partition coefficient (Wildman–Crippen LogP) is 36.2. The molecule has 29 rings (SSSR count). The number of rotatable bonds is 14. The summed E-state index contributed by atoms with van der Waals surface area (Å²) in [6.07, 6.45) is 1.86. The Kier molecular flexibility index (Phi) is 22.8. The molecule has 0 amide bonds. The zero-order valence-corrected chi connectivity index (χ0v) is 81.3. The van der Waals surface area contributed by atoms with E-state index in [-0.39, 0.29) is 0 Å². The van der Waals surface area contributed by atoms with Gasteiger partial charge in [0, 0.05) is 61.8 Å². The third-order valence-corrected chi connectivity index (χ3v) is 28.9. The SMILES string of the molecule is c1ccc(-c2cc(-c3ccc4ccc5ccc6c7ccccc7ccc6c5c4c3)cc(-c3nc(-c4ccccc4)nc(-c4ccccc4)n3)c2)cc1.c1ccc(-c2cccc(-c3nc(-c4ccccc4)nc(-c4cccc(-c5ccc6ccc7ccc8c9ccccc9ccc8c7c6c5)c4)n3)c2)cc1.c1ccc(-c2nc(-c3ccccc3)nc(-c3ccc(-c4ccc5ccc6ccc7c8ccccc8ccc7c6c5c4)nc3)n2)cc1. The molecule has 0 aliphatic carbocycles. The second kappa shape index (κ2) is 38.5. The molecule has 0 N–H and O–H groups in total. The van der Waals surface area contributed by atoms with Crippen LogP contribution in [-0.4, -0.2) is 49.8 Å². The summed E-state index contributed by atoms with van der Waals surface area (Å²) in [5.74, 6) is 5.72. The Bertz CT molecular complexity index is 10200. The average Bonchev–Trinajstić information content (AvgIpc) is 0.744. The van der Waals surface area contributed by atoms with E-state index < -0.39 is 0 Å². The van der Waals surface area contributed by atoms with E-state index >= 15 is 0 Å². The minimum Gasteiger partial charge on any atom is -0.255 e. The molecule has 10 heteroatoms. The molecule has 29 aromatic rings. The number of fused-ring (bicyclic) bond motifs is 21. The van der Waals surface area contributed by atoms with Gasteiger partial charge < -0.3 is 0 Å². The minimum atomic E-state index is 0.593. The lowest BCUT2D eigenvalue weighted by atomic mass is 9.91. The molecule has 0 aliphatic rings. The smallest absolute Gasteiger partial charge is 0.165 e. The maximum atomic E-state index is 5.10. The fraction of sp³-hybridized carbons (Fsp3) is 0. The van der Waals surface area contributed by atoms with Crippen molar-refractivity contribution in [2.45, 2.75) is 0 Å². The molecule has 10 nitrogen and oxygen atoms in total. The van der Waals surface area contributed by atoms with Gasteiger partial charge in [0.15, 0.2) is 52.4 Å². The van der Waals surface area contributed by atoms with Gasteiger partial charge in [-0.3, -0.25) is 4.98 Å². The minimum absolute atomic E-state index is 0.593. The highest BCUT2D eigenvalue weighted by Gasteiger charge is 2.23. The fourth-order valence-corrected chi connectivity index (χ4v) is 21.4. The zero-order valence-electron chi connectivity index (χ0n) is 81.3. The summed E-state index contributed by atoms with van der Waals surface area (Å²) in [7, 11) is 0. The van der Waals surface area contributed by atoms with Crippen LogP contribution < -0.4 is 0 Å². The molecule has 150 heavy (non-hydrogen) atoms. The predicted molar refractivity (Wildman–Crippen MR) is 623 cm³/mol. The molecule has 25 aromatic carbocycles. The van der Waals surface area contributed by atoms with Gasteiger partial charge in [-0.2, -0.15) is 0 Å². The van der Waals surface area contributed by atoms with Crippen LogP contribution >= 0.6 is 0 Å². The third-order valence-electron chi connectivity index (χ3n) is 28.9. The van der Waals surface area contributed by atoms with Crippen LogP contribution in [0.3, 0.4) is 0 Å². The van der Waals surface area contributed by atoms with Gasteiger partial charge in [-0.1, -0.05) is 467 Å². The van der Waals surface area contributed by atoms with Crippen LogP contribution in [0, 0.1) is 0 Å². The molecular formula is C140H88N10. The van der Waals surface area contributed by atoms with Gasteiger partial charge in [0.25, 0.3) is 0 Å². The van der Waals surface area contributed by atoms with Crippen LogP contribution in [0.25, 0.3) is 288 Å². The lowest BCUT2D eigenvalue weighted by Crippen LogP contribution is -2.00. The van der Waals surface area contributed by atoms with E-state index in [4.69, 9.17) is 49.8 Å². The van der Waals surface area contributed by atoms with E-state index in [9.17, 15) is 0 Å². The number of benzene rings is 25. The molecule has 0 fully saturated rings. The fourth-order valence-electron chi connectivity index (χ4n) is 21.4. The molecule has 0 atom stereocenters. The van der Waals surface area contributed by atoms with Crippen molar-refractivity contribution in [3.05, 3.63) is 534 Å². The topological polar surface area (TPSA) is 129 Å². The zero-order chi connectivity index (χ0) is 99.3. The first kappa shape index (κ1) is 88.7. The molecule has 0 saturated carbocycles. The number of aromatic nitrogens is 10. The lowest BCUT2D eigenvalue weighted by molar-refractivity contribution is 1.07. The van der Waals surface area contributed by atoms with Crippen LogP contribution in [-0.2, 0) is 0 Å². The molecule has 0 radical (unpaired) electrons. The van der Waals surface area contributed by atoms with Crippen LogP contribution in [0.15, 0.2) is 534 Å². The standard InChI is InChI=1S/2C49H31N3.C42H26N4/c1-4-12-32(13-5-1)39-28-40(30-41(29-39)49-51-47(36-15-6-2-7-16-36)50-48(52-49)37-17-8-3-9-18-37)38-23-21-34-20-22-35-25-26-43-42-19-11-10-14-33(42)24-27-44(43)46(35)45(34)31-38;1-3-11-32(12-4-1)37-16-9-18-40(29-37)48-50-47(36-14-5-2-6-15-36)51-49(52-48)41-19-10-17-38(30-41)39-24-22-34-21-23-35-26-27-43-42-20-8-7-13-33(42)25-28-44(43)46(35)45(34)31-39;1-3-10-30(11-4-1)40-44-41(31-12-5-2-6-13-31)46-42(45-40)33-21-24-38(43-26-33)32-18-16-28-15-17-29-20-22-35-34-14-8-7-9-27(34)19-23-36(35)39(29)37(28)25-32/h2*1-31H;1-26H. The molecule has 0 bridgehead atoms. The third kappa shape index (κ3) is 17.1. The van der Waals surface area contributed by atoms with Gasteiger partial charge >= 0.3 is 0 Å². The van der Waals surface area contributed by atoms with Gasteiger partial charge in [0.2, 0.25) is 0 Å². The van der Waals surface area contributed by atoms with E-state index in [1.807, 2.05) is 164 Å². The van der Waals surface area contributed by atoms with Crippen molar-refractivity contribution in [2.24, 2.45) is 0 Å². The van der Waals surface area contributed by atoms with E-state index in [1.165, 1.54) is 129 Å². The highest BCUT2D eigenvalue weighted by atomic mass is 15.1. The summed E-state index contributed by atoms with van der Waals surface area (Å²) < 4.78 is 0. The first-order valence-corrected chi connectivity index (χ1v) is 50.6. The van der Waals surface area contributed by atoms with Crippen LogP contribution in [0.5, 0.6) is 0 Å². The molecular weight excluding hydrogens is 1820 g/mol. The van der Waals surface area contributed by atoms with Gasteiger partial charge in [-0.25, -0.2) is 44.9 Å². The summed E-state index contributed by atoms with van der Waals surface area (Å²) in [5, 5.41) is 30.1. The highest BCUT2D eigenvalue weighted by molar-refractivity contribution is 6.28. The maximum Gasteiger partial charge on any atom is 0.165 e. The van der Waals surface area contributed by atoms with Crippen molar-refractivity contribution in [3.8, 4) is 158 Å². The average molecular weight is 1910 g/mol. The normalized spacial score (nSPS) is 11.5. The molecule has 698 valence electrons. The van der Waals surface area contributed by atoms with Crippen LogP contribution in [0.2, 0.25) is 0 Å². The van der Waals surface area contributed by atoms with Gasteiger partial charge in [-0.15, -0.1) is 0 Å². The van der Waals surface area contributed by atoms with Crippen molar-refractivity contribution in [1.29, 1.82) is 0 Å². The second-order valence-corrected chi connectivity index (χ2v) is 38.0. The number of pyridine rings is 1. The molecule has 0 unspecified atom stereocenters. The highest BCUT2D eigenvalue weighted by Crippen LogP contribution is 2.45. The van der Waals surface area contributed by atoms with E-state index in [0.717, 1.165) is 106 Å². The molecule has 0 saturated heterocycles.